The van der Waals surface area contributed by atoms with E-state index in [1.54, 1.807) is 56.7 Å². The fourth-order valence-electron chi connectivity index (χ4n) is 2.56. The zero-order chi connectivity index (χ0) is 22.2. The van der Waals surface area contributed by atoms with Crippen LogP contribution >= 0.6 is 11.8 Å². The van der Waals surface area contributed by atoms with Gasteiger partial charge in [0, 0.05) is 11.6 Å². The minimum atomic E-state index is -1.10. The van der Waals surface area contributed by atoms with Crippen molar-refractivity contribution < 1.29 is 28.5 Å². The SMILES string of the molecule is CCCOc1ccc(/C=C(/Sc2nnc(-c3cc(OC)cc(OC)c3)o2)C(=O)O)cc1. The summed E-state index contributed by atoms with van der Waals surface area (Å²) >= 11 is 0.873. The highest BCUT2D eigenvalue weighted by Gasteiger charge is 2.17. The fraction of sp³-hybridized carbons (Fsp3) is 0.227. The maximum absolute atomic E-state index is 11.7. The van der Waals surface area contributed by atoms with Crippen LogP contribution in [0.25, 0.3) is 17.5 Å². The number of aromatic nitrogens is 2. The smallest absolute Gasteiger partial charge is 0.342 e. The molecule has 0 atom stereocenters. The molecule has 162 valence electrons. The van der Waals surface area contributed by atoms with Gasteiger partial charge in [0.2, 0.25) is 5.89 Å². The number of hydrogen-bond acceptors (Lipinski definition) is 8. The van der Waals surface area contributed by atoms with Crippen LogP contribution in [0, 0.1) is 0 Å². The molecule has 0 aliphatic carbocycles. The van der Waals surface area contributed by atoms with E-state index in [9.17, 15) is 9.90 Å². The summed E-state index contributed by atoms with van der Waals surface area (Å²) < 4.78 is 21.7. The number of benzene rings is 2. The molecule has 2 aromatic carbocycles. The Morgan fingerprint density at radius 1 is 1.06 bits per heavy atom. The summed E-state index contributed by atoms with van der Waals surface area (Å²) in [6, 6.07) is 12.3. The lowest BCUT2D eigenvalue weighted by atomic mass is 10.2. The number of carboxylic acids is 1. The predicted molar refractivity (Wildman–Crippen MR) is 117 cm³/mol. The van der Waals surface area contributed by atoms with Gasteiger partial charge in [-0.15, -0.1) is 10.2 Å². The van der Waals surface area contributed by atoms with Gasteiger partial charge in [0.05, 0.1) is 20.8 Å². The zero-order valence-electron chi connectivity index (χ0n) is 17.3. The molecule has 1 N–H and O–H groups in total. The van der Waals surface area contributed by atoms with E-state index in [4.69, 9.17) is 18.6 Å². The van der Waals surface area contributed by atoms with Gasteiger partial charge in [-0.1, -0.05) is 19.1 Å². The van der Waals surface area contributed by atoms with Crippen LogP contribution in [0.3, 0.4) is 0 Å². The third-order valence-corrected chi connectivity index (χ3v) is 4.92. The number of rotatable bonds is 10. The highest BCUT2D eigenvalue weighted by Crippen LogP contribution is 2.33. The number of carbonyl (C=O) groups is 1. The number of nitrogens with zero attached hydrogens (tertiary/aromatic N) is 2. The molecular weight excluding hydrogens is 420 g/mol. The zero-order valence-corrected chi connectivity index (χ0v) is 18.1. The third kappa shape index (κ3) is 6.02. The second-order valence-electron chi connectivity index (χ2n) is 6.31. The summed E-state index contributed by atoms with van der Waals surface area (Å²) in [5.74, 6) is 0.998. The summed E-state index contributed by atoms with van der Waals surface area (Å²) in [7, 11) is 3.08. The Hall–Kier alpha value is -3.46. The molecule has 0 radical (unpaired) electrons. The first-order chi connectivity index (χ1) is 15.0. The first-order valence-electron chi connectivity index (χ1n) is 9.45. The molecule has 0 fully saturated rings. The largest absolute Gasteiger partial charge is 0.497 e. The Labute approximate surface area is 183 Å². The van der Waals surface area contributed by atoms with Crippen LogP contribution in [0.2, 0.25) is 0 Å². The van der Waals surface area contributed by atoms with Gasteiger partial charge in [0.15, 0.2) is 0 Å². The van der Waals surface area contributed by atoms with Crippen LogP contribution in [-0.2, 0) is 4.79 Å². The van der Waals surface area contributed by atoms with E-state index in [1.807, 2.05) is 6.92 Å². The van der Waals surface area contributed by atoms with Crippen molar-refractivity contribution >= 4 is 23.8 Å². The molecule has 0 aliphatic heterocycles. The van der Waals surface area contributed by atoms with Gasteiger partial charge in [0.25, 0.3) is 5.22 Å². The van der Waals surface area contributed by atoms with Crippen molar-refractivity contribution in [2.45, 2.75) is 18.6 Å². The maximum Gasteiger partial charge on any atom is 0.342 e. The second kappa shape index (κ2) is 10.5. The molecule has 0 amide bonds. The first kappa shape index (κ1) is 22.2. The normalized spacial score (nSPS) is 11.3. The molecule has 9 heteroatoms. The van der Waals surface area contributed by atoms with Crippen LogP contribution in [0.15, 0.2) is 57.0 Å². The Kier molecular flexibility index (Phi) is 7.55. The maximum atomic E-state index is 11.7. The topological polar surface area (TPSA) is 104 Å². The quantitative estimate of drug-likeness (QED) is 0.351. The number of carboxylic acid groups (broad SMARTS) is 1. The van der Waals surface area contributed by atoms with Gasteiger partial charge >= 0.3 is 5.97 Å². The van der Waals surface area contributed by atoms with Crippen molar-refractivity contribution in [2.75, 3.05) is 20.8 Å². The molecule has 0 saturated heterocycles. The van der Waals surface area contributed by atoms with Crippen LogP contribution in [0.1, 0.15) is 18.9 Å². The molecule has 8 nitrogen and oxygen atoms in total. The number of ether oxygens (including phenoxy) is 3. The molecule has 3 rings (SSSR count). The Balaban J connectivity index is 1.79. The van der Waals surface area contributed by atoms with Crippen LogP contribution < -0.4 is 14.2 Å². The summed E-state index contributed by atoms with van der Waals surface area (Å²) in [6.45, 7) is 2.66. The van der Waals surface area contributed by atoms with E-state index in [0.29, 0.717) is 29.2 Å². The van der Waals surface area contributed by atoms with Gasteiger partial charge in [-0.05, 0) is 54.1 Å². The molecule has 0 spiro atoms. The first-order valence-corrected chi connectivity index (χ1v) is 10.3. The number of hydrogen-bond donors (Lipinski definition) is 1. The summed E-state index contributed by atoms with van der Waals surface area (Å²) in [5.41, 5.74) is 1.31. The molecule has 3 aromatic rings. The molecule has 0 unspecified atom stereocenters. The Morgan fingerprint density at radius 2 is 1.74 bits per heavy atom. The van der Waals surface area contributed by atoms with E-state index in [0.717, 1.165) is 23.9 Å². The van der Waals surface area contributed by atoms with Gasteiger partial charge in [-0.25, -0.2) is 4.79 Å². The van der Waals surface area contributed by atoms with E-state index in [2.05, 4.69) is 10.2 Å². The molecule has 0 aliphatic rings. The van der Waals surface area contributed by atoms with Crippen molar-refractivity contribution in [3.63, 3.8) is 0 Å². The van der Waals surface area contributed by atoms with Gasteiger partial charge < -0.3 is 23.7 Å². The van der Waals surface area contributed by atoms with Crippen molar-refractivity contribution in [2.24, 2.45) is 0 Å². The lowest BCUT2D eigenvalue weighted by molar-refractivity contribution is -0.131. The van der Waals surface area contributed by atoms with E-state index in [1.165, 1.54) is 6.08 Å². The minimum Gasteiger partial charge on any atom is -0.497 e. The average molecular weight is 442 g/mol. The average Bonchev–Trinajstić information content (AvgIpc) is 3.26. The fourth-order valence-corrected chi connectivity index (χ4v) is 3.23. The second-order valence-corrected chi connectivity index (χ2v) is 7.30. The molecule has 0 saturated carbocycles. The van der Waals surface area contributed by atoms with E-state index in [-0.39, 0.29) is 16.0 Å². The van der Waals surface area contributed by atoms with E-state index >= 15 is 0 Å². The van der Waals surface area contributed by atoms with Gasteiger partial charge in [-0.2, -0.15) is 0 Å². The highest BCUT2D eigenvalue weighted by atomic mass is 32.2. The molecule has 1 aromatic heterocycles. The summed E-state index contributed by atoms with van der Waals surface area (Å²) in [6.07, 6.45) is 2.45. The van der Waals surface area contributed by atoms with Crippen molar-refractivity contribution in [1.82, 2.24) is 10.2 Å². The molecule has 31 heavy (non-hydrogen) atoms. The number of aliphatic carboxylic acids is 1. The Bertz CT molecular complexity index is 1040. The number of thioether (sulfide) groups is 1. The summed E-state index contributed by atoms with van der Waals surface area (Å²) in [4.78, 5) is 11.8. The van der Waals surface area contributed by atoms with Crippen LogP contribution in [0.5, 0.6) is 17.2 Å². The highest BCUT2D eigenvalue weighted by molar-refractivity contribution is 8.03. The number of methoxy groups -OCH3 is 2. The lowest BCUT2D eigenvalue weighted by Crippen LogP contribution is -1.97. The lowest BCUT2D eigenvalue weighted by Gasteiger charge is -2.05. The van der Waals surface area contributed by atoms with Gasteiger partial charge in [-0.3, -0.25) is 0 Å². The predicted octanol–water partition coefficient (Wildman–Crippen LogP) is 4.76. The van der Waals surface area contributed by atoms with E-state index < -0.39 is 5.97 Å². The van der Waals surface area contributed by atoms with Crippen molar-refractivity contribution in [3.8, 4) is 28.7 Å². The summed E-state index contributed by atoms with van der Waals surface area (Å²) in [5, 5.41) is 17.7. The minimum absolute atomic E-state index is 0.0423. The third-order valence-electron chi connectivity index (χ3n) is 4.06. The van der Waals surface area contributed by atoms with Crippen molar-refractivity contribution in [1.29, 1.82) is 0 Å². The Morgan fingerprint density at radius 3 is 2.32 bits per heavy atom. The van der Waals surface area contributed by atoms with Crippen LogP contribution in [-0.4, -0.2) is 42.1 Å². The van der Waals surface area contributed by atoms with Gasteiger partial charge in [0.1, 0.15) is 22.2 Å². The van der Waals surface area contributed by atoms with Crippen molar-refractivity contribution in [3.05, 3.63) is 52.9 Å². The molecule has 1 heterocycles. The monoisotopic (exact) mass is 442 g/mol. The molecular formula is C22H22N2O6S. The molecule has 0 bridgehead atoms. The standard InChI is InChI=1S/C22H22N2O6S/c1-4-9-29-16-7-5-14(6-8-16)10-19(21(25)26)31-22-24-23-20(30-22)15-11-17(27-2)13-18(12-15)28-3/h5-8,10-13H,4,9H2,1-3H3,(H,25,26)/b19-10+. The van der Waals surface area contributed by atoms with Crippen LogP contribution in [0.4, 0.5) is 0 Å².